The van der Waals surface area contributed by atoms with Gasteiger partial charge in [-0.25, -0.2) is 15.0 Å². The number of hydrogen-bond acceptors (Lipinski definition) is 8. The van der Waals surface area contributed by atoms with Crippen LogP contribution in [0.3, 0.4) is 0 Å². The molecule has 4 atom stereocenters. The number of anilines is 1. The second-order valence-corrected chi connectivity index (χ2v) is 9.93. The van der Waals surface area contributed by atoms with E-state index in [1.807, 2.05) is 0 Å². The number of aromatic nitrogens is 4. The summed E-state index contributed by atoms with van der Waals surface area (Å²) < 4.78 is 7.10. The van der Waals surface area contributed by atoms with Crippen LogP contribution in [0.15, 0.2) is 12.7 Å². The molecular formula is C21H27N5O5. The van der Waals surface area contributed by atoms with Crippen molar-refractivity contribution in [2.75, 3.05) is 11.9 Å². The first-order valence-corrected chi connectivity index (χ1v) is 11.1. The molecule has 2 aromatic heterocycles. The van der Waals surface area contributed by atoms with Crippen molar-refractivity contribution in [2.45, 2.75) is 63.1 Å². The van der Waals surface area contributed by atoms with Crippen molar-refractivity contribution in [3.05, 3.63) is 12.7 Å². The van der Waals surface area contributed by atoms with E-state index in [1.54, 1.807) is 0 Å². The normalized spacial score (nSPS) is 41.2. The summed E-state index contributed by atoms with van der Waals surface area (Å²) in [5.41, 5.74) is 0.474. The van der Waals surface area contributed by atoms with Gasteiger partial charge in [-0.3, -0.25) is 9.36 Å². The average Bonchev–Trinajstić information content (AvgIpc) is 3.29. The Morgan fingerprint density at radius 1 is 1.10 bits per heavy atom. The number of hydrogen-bond donors (Lipinski definition) is 4. The monoisotopic (exact) mass is 429 g/mol. The van der Waals surface area contributed by atoms with Crippen LogP contribution in [0, 0.1) is 23.2 Å². The third kappa shape index (κ3) is 2.92. The minimum Gasteiger partial charge on any atom is -0.394 e. The summed E-state index contributed by atoms with van der Waals surface area (Å²) in [6.45, 7) is -0.414. The van der Waals surface area contributed by atoms with E-state index < -0.39 is 31.1 Å². The van der Waals surface area contributed by atoms with Gasteiger partial charge in [0.2, 0.25) is 5.91 Å². The summed E-state index contributed by atoms with van der Waals surface area (Å²) >= 11 is 0. The van der Waals surface area contributed by atoms with Crippen LogP contribution in [0.1, 0.15) is 44.8 Å². The van der Waals surface area contributed by atoms with Gasteiger partial charge in [-0.2, -0.15) is 0 Å². The van der Waals surface area contributed by atoms with Crippen molar-refractivity contribution in [3.8, 4) is 0 Å². The third-order valence-electron chi connectivity index (χ3n) is 7.90. The zero-order valence-corrected chi connectivity index (χ0v) is 17.1. The van der Waals surface area contributed by atoms with Crippen molar-refractivity contribution < 1.29 is 24.9 Å². The van der Waals surface area contributed by atoms with Gasteiger partial charge in [0, 0.05) is 0 Å². The number of ether oxygens (including phenoxy) is 1. The molecule has 31 heavy (non-hydrogen) atoms. The smallest absolute Gasteiger partial charge is 0.231 e. The Balaban J connectivity index is 1.29. The summed E-state index contributed by atoms with van der Waals surface area (Å²) in [6, 6.07) is 0. The number of aliphatic hydroxyl groups excluding tert-OH is 3. The lowest BCUT2D eigenvalue weighted by atomic mass is 9.49. The van der Waals surface area contributed by atoms with E-state index in [-0.39, 0.29) is 11.3 Å². The maximum Gasteiger partial charge on any atom is 0.231 e. The molecule has 1 aliphatic heterocycles. The average molecular weight is 429 g/mol. The van der Waals surface area contributed by atoms with Crippen LogP contribution in [-0.4, -0.2) is 65.7 Å². The molecule has 2 aromatic rings. The number of rotatable bonds is 4. The minimum atomic E-state index is -1.24. The SMILES string of the molecule is O=C(Nc1ncnc2c1ncn2[C@@H]1O[C@H](CO)[C@@H](O)[C@@H]1O)C12CC3CC(CC(C3)C1)C2. The molecular weight excluding hydrogens is 402 g/mol. The van der Waals surface area contributed by atoms with Crippen molar-refractivity contribution in [1.29, 1.82) is 0 Å². The van der Waals surface area contributed by atoms with Crippen molar-refractivity contribution >= 4 is 22.9 Å². The maximum absolute atomic E-state index is 13.4. The molecule has 1 amide bonds. The predicted molar refractivity (Wildman–Crippen MR) is 108 cm³/mol. The van der Waals surface area contributed by atoms with Gasteiger partial charge in [0.1, 0.15) is 24.6 Å². The number of aliphatic hydroxyl groups is 3. The third-order valence-corrected chi connectivity index (χ3v) is 7.90. The number of nitrogens with zero attached hydrogens (tertiary/aromatic N) is 4. The van der Waals surface area contributed by atoms with Crippen molar-refractivity contribution in [3.63, 3.8) is 0 Å². The van der Waals surface area contributed by atoms with Crippen LogP contribution >= 0.6 is 0 Å². The Morgan fingerprint density at radius 2 is 1.77 bits per heavy atom. The van der Waals surface area contributed by atoms with E-state index in [1.165, 1.54) is 36.5 Å². The second-order valence-electron chi connectivity index (χ2n) is 9.93. The van der Waals surface area contributed by atoms with E-state index in [2.05, 4.69) is 20.3 Å². The van der Waals surface area contributed by atoms with E-state index >= 15 is 0 Å². The predicted octanol–water partition coefficient (Wildman–Crippen LogP) is 0.593. The molecule has 4 saturated carbocycles. The Kier molecular flexibility index (Phi) is 4.37. The van der Waals surface area contributed by atoms with Gasteiger partial charge in [0.05, 0.1) is 18.3 Å². The Morgan fingerprint density at radius 3 is 2.39 bits per heavy atom. The lowest BCUT2D eigenvalue weighted by Crippen LogP contribution is -2.51. The first-order chi connectivity index (χ1) is 15.0. The molecule has 0 unspecified atom stereocenters. The fourth-order valence-corrected chi connectivity index (χ4v) is 6.87. The molecule has 3 heterocycles. The molecule has 0 radical (unpaired) electrons. The molecule has 0 aromatic carbocycles. The number of amides is 1. The van der Waals surface area contributed by atoms with Gasteiger partial charge in [-0.15, -0.1) is 0 Å². The highest BCUT2D eigenvalue weighted by Gasteiger charge is 2.54. The van der Waals surface area contributed by atoms with Gasteiger partial charge in [0.25, 0.3) is 0 Å². The summed E-state index contributed by atoms with van der Waals surface area (Å²) in [6.07, 6.45) is 5.14. The molecule has 0 spiro atoms. The topological polar surface area (TPSA) is 143 Å². The first-order valence-electron chi connectivity index (χ1n) is 11.1. The zero-order valence-electron chi connectivity index (χ0n) is 17.1. The van der Waals surface area contributed by atoms with Gasteiger partial charge in [-0.1, -0.05) is 0 Å². The molecule has 5 aliphatic rings. The molecule has 4 aliphatic carbocycles. The van der Waals surface area contributed by atoms with Crippen LogP contribution in [0.5, 0.6) is 0 Å². The van der Waals surface area contributed by atoms with Crippen molar-refractivity contribution in [2.24, 2.45) is 23.2 Å². The number of carbonyl (C=O) groups excluding carboxylic acids is 1. The van der Waals surface area contributed by atoms with Crippen LogP contribution in [-0.2, 0) is 9.53 Å². The number of imidazole rings is 1. The van der Waals surface area contributed by atoms with E-state index in [0.29, 0.717) is 34.7 Å². The van der Waals surface area contributed by atoms with Crippen molar-refractivity contribution in [1.82, 2.24) is 19.5 Å². The molecule has 10 nitrogen and oxygen atoms in total. The number of carbonyl (C=O) groups is 1. The van der Waals surface area contributed by atoms with E-state index in [0.717, 1.165) is 19.3 Å². The van der Waals surface area contributed by atoms with E-state index in [9.17, 15) is 20.1 Å². The fourth-order valence-electron chi connectivity index (χ4n) is 6.87. The molecule has 10 heteroatoms. The minimum absolute atomic E-state index is 0.0223. The molecule has 7 rings (SSSR count). The van der Waals surface area contributed by atoms with Crippen LogP contribution < -0.4 is 5.32 Å². The Labute approximate surface area is 178 Å². The Hall–Kier alpha value is -2.14. The summed E-state index contributed by atoms with van der Waals surface area (Å²) in [5.74, 6) is 2.35. The van der Waals surface area contributed by atoms with Crippen LogP contribution in [0.2, 0.25) is 0 Å². The van der Waals surface area contributed by atoms with Crippen LogP contribution in [0.4, 0.5) is 5.82 Å². The zero-order chi connectivity index (χ0) is 21.3. The van der Waals surface area contributed by atoms with Gasteiger partial charge >= 0.3 is 0 Å². The van der Waals surface area contributed by atoms with Crippen LogP contribution in [0.25, 0.3) is 11.2 Å². The lowest BCUT2D eigenvalue weighted by Gasteiger charge is -2.55. The highest BCUT2D eigenvalue weighted by molar-refractivity contribution is 6.00. The van der Waals surface area contributed by atoms with Gasteiger partial charge < -0.3 is 25.4 Å². The molecule has 1 saturated heterocycles. The first kappa shape index (κ1) is 19.5. The molecule has 4 N–H and O–H groups in total. The standard InChI is InChI=1S/C21H27N5O5/c27-7-13-15(28)16(29)19(31-13)26-9-24-14-17(22-8-23-18(14)26)25-20(30)21-4-10-1-11(5-21)3-12(2-10)6-21/h8-13,15-16,19,27-29H,1-7H2,(H,22,23,25,30)/t10?,11?,12?,13-,15-,16+,19-,21?/m1/s1. The summed E-state index contributed by atoms with van der Waals surface area (Å²) in [4.78, 5) is 26.3. The number of fused-ring (bicyclic) bond motifs is 1. The number of nitrogens with one attached hydrogen (secondary N) is 1. The van der Waals surface area contributed by atoms with Gasteiger partial charge in [0.15, 0.2) is 23.2 Å². The maximum atomic E-state index is 13.4. The van der Waals surface area contributed by atoms with Gasteiger partial charge in [-0.05, 0) is 56.3 Å². The molecule has 5 fully saturated rings. The highest BCUT2D eigenvalue weighted by Crippen LogP contribution is 2.60. The summed E-state index contributed by atoms with van der Waals surface area (Å²) in [5, 5.41) is 32.8. The Bertz CT molecular complexity index is 989. The van der Waals surface area contributed by atoms with E-state index in [4.69, 9.17) is 4.74 Å². The molecule has 166 valence electrons. The summed E-state index contributed by atoms with van der Waals surface area (Å²) in [7, 11) is 0. The highest BCUT2D eigenvalue weighted by atomic mass is 16.6. The quantitative estimate of drug-likeness (QED) is 0.553. The second kappa shape index (κ2) is 6.93. The lowest BCUT2D eigenvalue weighted by molar-refractivity contribution is -0.140. The largest absolute Gasteiger partial charge is 0.394 e. The molecule has 4 bridgehead atoms. The fraction of sp³-hybridized carbons (Fsp3) is 0.714.